The normalized spacial score (nSPS) is 16.5. The Kier molecular flexibility index (Phi) is 6.54. The Hall–Kier alpha value is -2.86. The molecular weight excluding hydrogens is 366 g/mol. The zero-order valence-electron chi connectivity index (χ0n) is 17.0. The Bertz CT molecular complexity index is 859. The summed E-state index contributed by atoms with van der Waals surface area (Å²) in [6, 6.07) is 14.4. The van der Waals surface area contributed by atoms with Crippen LogP contribution in [0.5, 0.6) is 5.75 Å². The van der Waals surface area contributed by atoms with Gasteiger partial charge >= 0.3 is 0 Å². The topological polar surface area (TPSA) is 93.4 Å². The van der Waals surface area contributed by atoms with Gasteiger partial charge in [-0.3, -0.25) is 9.59 Å². The van der Waals surface area contributed by atoms with Crippen LogP contribution in [0.2, 0.25) is 0 Å². The fourth-order valence-electron chi connectivity index (χ4n) is 3.66. The number of anilines is 2. The molecule has 1 saturated carbocycles. The van der Waals surface area contributed by atoms with Gasteiger partial charge in [0.2, 0.25) is 11.8 Å². The third-order valence-electron chi connectivity index (χ3n) is 5.54. The van der Waals surface area contributed by atoms with E-state index in [4.69, 9.17) is 10.5 Å². The van der Waals surface area contributed by atoms with E-state index < -0.39 is 5.54 Å². The van der Waals surface area contributed by atoms with Gasteiger partial charge in [0.25, 0.3) is 0 Å². The molecular formula is C23H29N3O3. The maximum absolute atomic E-state index is 12.8. The molecule has 1 atom stereocenters. The fraction of sp³-hybridized carbons (Fsp3) is 0.391. The zero-order chi connectivity index (χ0) is 20.9. The minimum absolute atomic E-state index is 0.000532. The highest BCUT2D eigenvalue weighted by molar-refractivity contribution is 6.00. The van der Waals surface area contributed by atoms with E-state index in [9.17, 15) is 9.59 Å². The van der Waals surface area contributed by atoms with Crippen LogP contribution in [0.15, 0.2) is 48.5 Å². The highest BCUT2D eigenvalue weighted by atomic mass is 16.5. The minimum Gasteiger partial charge on any atom is -0.495 e. The second-order valence-electron chi connectivity index (χ2n) is 7.76. The quantitative estimate of drug-likeness (QED) is 0.688. The van der Waals surface area contributed by atoms with E-state index in [0.29, 0.717) is 17.1 Å². The summed E-state index contributed by atoms with van der Waals surface area (Å²) in [5.74, 6) is 0.237. The molecule has 0 radical (unpaired) electrons. The van der Waals surface area contributed by atoms with Crippen molar-refractivity contribution in [2.45, 2.75) is 44.6 Å². The number of ether oxygens (including phenoxy) is 1. The molecule has 0 aliphatic heterocycles. The number of hydrogen-bond donors (Lipinski definition) is 3. The van der Waals surface area contributed by atoms with E-state index >= 15 is 0 Å². The summed E-state index contributed by atoms with van der Waals surface area (Å²) >= 11 is 0. The summed E-state index contributed by atoms with van der Waals surface area (Å²) in [6.07, 6.45) is 5.17. The Morgan fingerprint density at radius 3 is 2.38 bits per heavy atom. The average molecular weight is 396 g/mol. The molecule has 0 heterocycles. The van der Waals surface area contributed by atoms with Crippen molar-refractivity contribution in [1.29, 1.82) is 0 Å². The monoisotopic (exact) mass is 395 g/mol. The number of rotatable bonds is 6. The van der Waals surface area contributed by atoms with Gasteiger partial charge in [-0.15, -0.1) is 0 Å². The molecule has 4 N–H and O–H groups in total. The van der Waals surface area contributed by atoms with Crippen molar-refractivity contribution in [3.05, 3.63) is 54.1 Å². The molecule has 29 heavy (non-hydrogen) atoms. The van der Waals surface area contributed by atoms with Crippen LogP contribution in [-0.2, 0) is 15.1 Å². The Labute approximate surface area is 171 Å². The molecule has 1 aliphatic rings. The van der Waals surface area contributed by atoms with Crippen LogP contribution in [0.3, 0.4) is 0 Å². The molecule has 0 spiro atoms. The molecule has 6 heteroatoms. The SMILES string of the molecule is COc1ccc(NC(=O)C(C)(N)c2ccccc2)cc1NC(=O)C1CCCCC1. The van der Waals surface area contributed by atoms with E-state index in [-0.39, 0.29) is 17.7 Å². The summed E-state index contributed by atoms with van der Waals surface area (Å²) in [6.45, 7) is 1.67. The van der Waals surface area contributed by atoms with E-state index in [1.165, 1.54) is 6.42 Å². The first-order chi connectivity index (χ1) is 13.9. The largest absolute Gasteiger partial charge is 0.495 e. The molecule has 2 aromatic carbocycles. The van der Waals surface area contributed by atoms with Gasteiger partial charge in [0.05, 0.1) is 12.8 Å². The van der Waals surface area contributed by atoms with Gasteiger partial charge in [0.1, 0.15) is 11.3 Å². The van der Waals surface area contributed by atoms with Crippen molar-refractivity contribution in [2.75, 3.05) is 17.7 Å². The van der Waals surface area contributed by atoms with Crippen LogP contribution in [0.4, 0.5) is 11.4 Å². The molecule has 0 aromatic heterocycles. The predicted octanol–water partition coefficient (Wildman–Crippen LogP) is 4.03. The average Bonchev–Trinajstić information content (AvgIpc) is 2.75. The number of benzene rings is 2. The van der Waals surface area contributed by atoms with Crippen LogP contribution in [0.25, 0.3) is 0 Å². The lowest BCUT2D eigenvalue weighted by atomic mass is 9.88. The number of hydrogen-bond acceptors (Lipinski definition) is 4. The highest BCUT2D eigenvalue weighted by Gasteiger charge is 2.30. The molecule has 0 saturated heterocycles. The first-order valence-corrected chi connectivity index (χ1v) is 10.1. The van der Waals surface area contributed by atoms with Crippen LogP contribution in [0, 0.1) is 5.92 Å². The van der Waals surface area contributed by atoms with Crippen LogP contribution in [0.1, 0.15) is 44.6 Å². The first kappa shape index (κ1) is 20.9. The van der Waals surface area contributed by atoms with Gasteiger partial charge in [-0.1, -0.05) is 49.6 Å². The maximum Gasteiger partial charge on any atom is 0.248 e. The van der Waals surface area contributed by atoms with Gasteiger partial charge in [0.15, 0.2) is 0 Å². The van der Waals surface area contributed by atoms with Crippen molar-refractivity contribution >= 4 is 23.2 Å². The Morgan fingerprint density at radius 2 is 1.72 bits per heavy atom. The standard InChI is InChI=1S/C23H29N3O3/c1-23(24,17-11-7-4-8-12-17)22(28)25-18-13-14-20(29-2)19(15-18)26-21(27)16-9-5-3-6-10-16/h4,7-8,11-16H,3,5-6,9-10,24H2,1-2H3,(H,25,28)(H,26,27). The summed E-state index contributed by atoms with van der Waals surface area (Å²) in [4.78, 5) is 25.5. The van der Waals surface area contributed by atoms with Gasteiger partial charge in [-0.05, 0) is 43.5 Å². The number of nitrogens with one attached hydrogen (secondary N) is 2. The summed E-state index contributed by atoms with van der Waals surface area (Å²) in [5, 5.41) is 5.82. The number of carbonyl (C=O) groups is 2. The number of nitrogens with two attached hydrogens (primary N) is 1. The Morgan fingerprint density at radius 1 is 1.03 bits per heavy atom. The minimum atomic E-state index is -1.19. The van der Waals surface area contributed by atoms with Gasteiger partial charge in [-0.25, -0.2) is 0 Å². The lowest BCUT2D eigenvalue weighted by Gasteiger charge is -2.25. The smallest absolute Gasteiger partial charge is 0.248 e. The Balaban J connectivity index is 1.75. The van der Waals surface area contributed by atoms with E-state index in [1.54, 1.807) is 32.2 Å². The molecule has 154 valence electrons. The summed E-state index contributed by atoms with van der Waals surface area (Å²) < 4.78 is 5.38. The molecule has 2 aromatic rings. The molecule has 1 aliphatic carbocycles. The number of carbonyl (C=O) groups excluding carboxylic acids is 2. The lowest BCUT2D eigenvalue weighted by Crippen LogP contribution is -2.45. The molecule has 1 unspecified atom stereocenters. The van der Waals surface area contributed by atoms with E-state index in [1.807, 2.05) is 30.3 Å². The molecule has 2 amide bonds. The summed E-state index contributed by atoms with van der Waals surface area (Å²) in [7, 11) is 1.55. The van der Waals surface area contributed by atoms with Gasteiger partial charge in [-0.2, -0.15) is 0 Å². The number of methoxy groups -OCH3 is 1. The second kappa shape index (κ2) is 9.09. The van der Waals surface area contributed by atoms with Gasteiger partial charge < -0.3 is 21.1 Å². The maximum atomic E-state index is 12.8. The van der Waals surface area contributed by atoms with Crippen LogP contribution in [-0.4, -0.2) is 18.9 Å². The number of amides is 2. The third-order valence-corrected chi connectivity index (χ3v) is 5.54. The molecule has 0 bridgehead atoms. The van der Waals surface area contributed by atoms with Gasteiger partial charge in [0, 0.05) is 11.6 Å². The van der Waals surface area contributed by atoms with Crippen molar-refractivity contribution in [3.63, 3.8) is 0 Å². The van der Waals surface area contributed by atoms with Crippen molar-refractivity contribution in [3.8, 4) is 5.75 Å². The molecule has 3 rings (SSSR count). The molecule has 6 nitrogen and oxygen atoms in total. The third kappa shape index (κ3) is 4.95. The summed E-state index contributed by atoms with van der Waals surface area (Å²) in [5.41, 5.74) is 6.91. The first-order valence-electron chi connectivity index (χ1n) is 10.1. The second-order valence-corrected chi connectivity index (χ2v) is 7.76. The fourth-order valence-corrected chi connectivity index (χ4v) is 3.66. The van der Waals surface area contributed by atoms with Crippen molar-refractivity contribution in [1.82, 2.24) is 0 Å². The van der Waals surface area contributed by atoms with Crippen LogP contribution < -0.4 is 21.1 Å². The van der Waals surface area contributed by atoms with Crippen LogP contribution >= 0.6 is 0 Å². The highest BCUT2D eigenvalue weighted by Crippen LogP contribution is 2.31. The zero-order valence-corrected chi connectivity index (χ0v) is 17.0. The molecule has 1 fully saturated rings. The van der Waals surface area contributed by atoms with E-state index in [0.717, 1.165) is 31.2 Å². The lowest BCUT2D eigenvalue weighted by molar-refractivity contribution is -0.121. The van der Waals surface area contributed by atoms with E-state index in [2.05, 4.69) is 10.6 Å². The van der Waals surface area contributed by atoms with Crippen molar-refractivity contribution < 1.29 is 14.3 Å². The van der Waals surface area contributed by atoms with Crippen molar-refractivity contribution in [2.24, 2.45) is 11.7 Å². The predicted molar refractivity (Wildman–Crippen MR) is 115 cm³/mol.